The number of carbonyl (C=O) groups is 1. The average Bonchev–Trinajstić information content (AvgIpc) is 2.36. The highest BCUT2D eigenvalue weighted by molar-refractivity contribution is 5.77. The Balaban J connectivity index is 3.60. The van der Waals surface area contributed by atoms with Gasteiger partial charge in [0.15, 0.2) is 6.10 Å². The van der Waals surface area contributed by atoms with E-state index in [-0.39, 0.29) is 0 Å². The zero-order valence-corrected chi connectivity index (χ0v) is 9.49. The number of carboxylic acid groups (broad SMARTS) is 1. The molecular weight excluding hydrogens is 282 g/mol. The molecular formula is C10H6F2N2O6. The van der Waals surface area contributed by atoms with E-state index in [1.807, 2.05) is 0 Å². The van der Waals surface area contributed by atoms with E-state index in [1.165, 1.54) is 6.07 Å². The molecule has 20 heavy (non-hydrogen) atoms. The first-order valence-corrected chi connectivity index (χ1v) is 4.86. The fraction of sp³-hybridized carbons (Fsp3) is 0.200. The zero-order chi connectivity index (χ0) is 15.4. The van der Waals surface area contributed by atoms with E-state index < -0.39 is 46.2 Å². The highest BCUT2D eigenvalue weighted by Gasteiger charge is 2.33. The van der Waals surface area contributed by atoms with Crippen molar-refractivity contribution in [2.45, 2.75) is 12.7 Å². The van der Waals surface area contributed by atoms with E-state index in [0.717, 1.165) is 12.1 Å². The molecule has 0 bridgehead atoms. The third-order valence-corrected chi connectivity index (χ3v) is 2.20. The van der Waals surface area contributed by atoms with Gasteiger partial charge in [0.1, 0.15) is 11.6 Å². The SMILES string of the molecule is N#Cc1ccc(C(O)C(=O)O)c([N+](=O)[O-])c1OC(F)F. The molecule has 1 unspecified atom stereocenters. The molecule has 2 N–H and O–H groups in total. The van der Waals surface area contributed by atoms with Crippen LogP contribution < -0.4 is 4.74 Å². The first kappa shape index (κ1) is 15.3. The van der Waals surface area contributed by atoms with Gasteiger partial charge in [0.05, 0.1) is 10.5 Å². The molecule has 1 atom stereocenters. The van der Waals surface area contributed by atoms with Crippen LogP contribution in [-0.2, 0) is 4.79 Å². The third-order valence-electron chi connectivity index (χ3n) is 2.20. The first-order valence-electron chi connectivity index (χ1n) is 4.86. The number of halogens is 2. The monoisotopic (exact) mass is 288 g/mol. The summed E-state index contributed by atoms with van der Waals surface area (Å²) in [5, 5.41) is 37.5. The summed E-state index contributed by atoms with van der Waals surface area (Å²) < 4.78 is 28.4. The number of nitro groups is 1. The summed E-state index contributed by atoms with van der Waals surface area (Å²) in [6, 6.07) is 3.02. The van der Waals surface area contributed by atoms with Gasteiger partial charge in [-0.25, -0.2) is 4.79 Å². The van der Waals surface area contributed by atoms with E-state index in [0.29, 0.717) is 0 Å². The predicted molar refractivity (Wildman–Crippen MR) is 57.0 cm³/mol. The Kier molecular flexibility index (Phi) is 4.50. The smallest absolute Gasteiger partial charge is 0.387 e. The highest BCUT2D eigenvalue weighted by atomic mass is 19.3. The van der Waals surface area contributed by atoms with Crippen LogP contribution in [0.1, 0.15) is 17.2 Å². The van der Waals surface area contributed by atoms with Crippen LogP contribution in [0.25, 0.3) is 0 Å². The lowest BCUT2D eigenvalue weighted by Crippen LogP contribution is -2.14. The Bertz CT molecular complexity index is 598. The van der Waals surface area contributed by atoms with Crippen LogP contribution in [0.15, 0.2) is 12.1 Å². The number of carboxylic acids is 1. The van der Waals surface area contributed by atoms with Crippen LogP contribution in [0.3, 0.4) is 0 Å². The van der Waals surface area contributed by atoms with Gasteiger partial charge in [-0.2, -0.15) is 14.0 Å². The summed E-state index contributed by atoms with van der Waals surface area (Å²) in [6.45, 7) is -3.46. The van der Waals surface area contributed by atoms with Crippen LogP contribution >= 0.6 is 0 Å². The second-order valence-corrected chi connectivity index (χ2v) is 3.37. The number of rotatable bonds is 5. The minimum Gasteiger partial charge on any atom is -0.479 e. The number of aliphatic carboxylic acids is 1. The number of hydrogen-bond donors (Lipinski definition) is 2. The summed E-state index contributed by atoms with van der Waals surface area (Å²) in [5.41, 5.74) is -2.55. The fourth-order valence-corrected chi connectivity index (χ4v) is 1.42. The van der Waals surface area contributed by atoms with Gasteiger partial charge in [-0.05, 0) is 12.1 Å². The van der Waals surface area contributed by atoms with E-state index in [4.69, 9.17) is 10.4 Å². The number of benzene rings is 1. The van der Waals surface area contributed by atoms with Crippen molar-refractivity contribution in [2.24, 2.45) is 0 Å². The number of ether oxygens (including phenoxy) is 1. The third kappa shape index (κ3) is 2.96. The molecule has 0 aliphatic carbocycles. The van der Waals surface area contributed by atoms with Crippen molar-refractivity contribution in [2.75, 3.05) is 0 Å². The van der Waals surface area contributed by atoms with Gasteiger partial charge < -0.3 is 14.9 Å². The quantitative estimate of drug-likeness (QED) is 0.613. The Morgan fingerprint density at radius 2 is 2.10 bits per heavy atom. The number of aliphatic hydroxyl groups is 1. The molecule has 0 saturated carbocycles. The minimum absolute atomic E-state index is 0.585. The molecule has 0 aliphatic heterocycles. The molecule has 0 spiro atoms. The molecule has 1 aromatic rings. The van der Waals surface area contributed by atoms with Crippen molar-refractivity contribution in [1.82, 2.24) is 0 Å². The normalized spacial score (nSPS) is 11.8. The van der Waals surface area contributed by atoms with Crippen molar-refractivity contribution < 1.29 is 33.4 Å². The average molecular weight is 288 g/mol. The maximum absolute atomic E-state index is 12.2. The molecule has 0 heterocycles. The maximum Gasteiger partial charge on any atom is 0.387 e. The lowest BCUT2D eigenvalue weighted by Gasteiger charge is -2.12. The largest absolute Gasteiger partial charge is 0.479 e. The molecule has 0 aliphatic rings. The predicted octanol–water partition coefficient (Wildman–Crippen LogP) is 1.19. The van der Waals surface area contributed by atoms with Gasteiger partial charge in [-0.3, -0.25) is 10.1 Å². The maximum atomic E-state index is 12.2. The Morgan fingerprint density at radius 1 is 1.50 bits per heavy atom. The molecule has 0 radical (unpaired) electrons. The van der Waals surface area contributed by atoms with Gasteiger partial charge in [0, 0.05) is 0 Å². The number of nitrogens with zero attached hydrogens (tertiary/aromatic N) is 2. The van der Waals surface area contributed by atoms with Gasteiger partial charge in [0.2, 0.25) is 5.75 Å². The molecule has 106 valence electrons. The van der Waals surface area contributed by atoms with Crippen molar-refractivity contribution in [3.63, 3.8) is 0 Å². The van der Waals surface area contributed by atoms with Crippen molar-refractivity contribution in [3.8, 4) is 11.8 Å². The number of nitro benzene ring substituents is 1. The molecule has 10 heteroatoms. The van der Waals surface area contributed by atoms with Crippen LogP contribution in [0.4, 0.5) is 14.5 Å². The van der Waals surface area contributed by atoms with E-state index >= 15 is 0 Å². The Morgan fingerprint density at radius 3 is 2.50 bits per heavy atom. The standard InChI is InChI=1S/C10H6F2N2O6/c11-10(12)20-8-4(3-13)1-2-5(6(8)14(18)19)7(15)9(16)17/h1-2,7,10,15H,(H,16,17). The fourth-order valence-electron chi connectivity index (χ4n) is 1.42. The molecule has 0 fully saturated rings. The zero-order valence-electron chi connectivity index (χ0n) is 9.49. The van der Waals surface area contributed by atoms with E-state index in [2.05, 4.69) is 4.74 Å². The second-order valence-electron chi connectivity index (χ2n) is 3.37. The van der Waals surface area contributed by atoms with Crippen molar-refractivity contribution >= 4 is 11.7 Å². The lowest BCUT2D eigenvalue weighted by atomic mass is 10.0. The number of nitriles is 1. The lowest BCUT2D eigenvalue weighted by molar-refractivity contribution is -0.387. The summed E-state index contributed by atoms with van der Waals surface area (Å²) in [6.07, 6.45) is -2.32. The molecule has 0 saturated heterocycles. The van der Waals surface area contributed by atoms with Gasteiger partial charge in [0.25, 0.3) is 0 Å². The molecule has 1 rings (SSSR count). The topological polar surface area (TPSA) is 134 Å². The first-order chi connectivity index (χ1) is 9.29. The van der Waals surface area contributed by atoms with E-state index in [1.54, 1.807) is 0 Å². The van der Waals surface area contributed by atoms with Gasteiger partial charge >= 0.3 is 18.3 Å². The summed E-state index contributed by atoms with van der Waals surface area (Å²) in [7, 11) is 0. The molecule has 1 aromatic carbocycles. The Hall–Kier alpha value is -2.80. The van der Waals surface area contributed by atoms with Crippen LogP contribution in [-0.4, -0.2) is 27.7 Å². The second kappa shape index (κ2) is 5.89. The van der Waals surface area contributed by atoms with Crippen molar-refractivity contribution in [3.05, 3.63) is 33.4 Å². The van der Waals surface area contributed by atoms with Gasteiger partial charge in [-0.15, -0.1) is 0 Å². The van der Waals surface area contributed by atoms with Crippen LogP contribution in [0.2, 0.25) is 0 Å². The number of hydrogen-bond acceptors (Lipinski definition) is 6. The van der Waals surface area contributed by atoms with Gasteiger partial charge in [-0.1, -0.05) is 0 Å². The summed E-state index contributed by atoms with van der Waals surface area (Å²) in [5.74, 6) is -2.91. The summed E-state index contributed by atoms with van der Waals surface area (Å²) in [4.78, 5) is 20.3. The van der Waals surface area contributed by atoms with Crippen molar-refractivity contribution in [1.29, 1.82) is 5.26 Å². The molecule has 0 amide bonds. The highest BCUT2D eigenvalue weighted by Crippen LogP contribution is 2.38. The molecule has 0 aromatic heterocycles. The van der Waals surface area contributed by atoms with Crippen LogP contribution in [0, 0.1) is 21.4 Å². The van der Waals surface area contributed by atoms with Crippen LogP contribution in [0.5, 0.6) is 5.75 Å². The summed E-state index contributed by atoms with van der Waals surface area (Å²) >= 11 is 0. The minimum atomic E-state index is -3.46. The van der Waals surface area contributed by atoms with E-state index in [9.17, 15) is 28.8 Å². The molecule has 8 nitrogen and oxygen atoms in total. The number of aliphatic hydroxyl groups excluding tert-OH is 1. The number of alkyl halides is 2. The Labute approximate surface area is 109 Å².